The van der Waals surface area contributed by atoms with E-state index < -0.39 is 0 Å². The van der Waals surface area contributed by atoms with Crippen molar-refractivity contribution in [2.24, 2.45) is 7.05 Å². The van der Waals surface area contributed by atoms with Crippen LogP contribution in [-0.2, 0) is 13.6 Å². The fraction of sp³-hybridized carbons (Fsp3) is 0.381. The van der Waals surface area contributed by atoms with Crippen molar-refractivity contribution in [2.45, 2.75) is 46.2 Å². The number of aryl methyl sites for hydroxylation is 3. The second kappa shape index (κ2) is 6.44. The van der Waals surface area contributed by atoms with Gasteiger partial charge in [-0.15, -0.1) is 0 Å². The van der Waals surface area contributed by atoms with Gasteiger partial charge in [-0.25, -0.2) is 4.39 Å². The molecule has 0 N–H and O–H groups in total. The second-order valence-electron chi connectivity index (χ2n) is 7.41. The van der Waals surface area contributed by atoms with Crippen LogP contribution in [-0.4, -0.2) is 31.6 Å². The number of amides is 1. The van der Waals surface area contributed by atoms with Gasteiger partial charge in [0.15, 0.2) is 0 Å². The fourth-order valence-electron chi connectivity index (χ4n) is 3.64. The first kappa shape index (κ1) is 17.6. The summed E-state index contributed by atoms with van der Waals surface area (Å²) in [5.74, 6) is -0.373. The van der Waals surface area contributed by atoms with E-state index in [1.54, 1.807) is 12.1 Å². The molecule has 0 unspecified atom stereocenters. The van der Waals surface area contributed by atoms with Crippen LogP contribution in [0.2, 0.25) is 0 Å². The molecule has 1 aliphatic rings. The lowest BCUT2D eigenvalue weighted by Crippen LogP contribution is -2.33. The highest BCUT2D eigenvalue weighted by atomic mass is 19.1. The minimum Gasteiger partial charge on any atom is -0.331 e. The molecule has 0 aliphatic heterocycles. The third-order valence-electron chi connectivity index (χ3n) is 5.37. The quantitative estimate of drug-likeness (QED) is 0.705. The Morgan fingerprint density at radius 3 is 2.63 bits per heavy atom. The molecule has 0 radical (unpaired) electrons. The van der Waals surface area contributed by atoms with Crippen LogP contribution in [0.1, 0.15) is 45.8 Å². The molecule has 27 heavy (non-hydrogen) atoms. The van der Waals surface area contributed by atoms with Crippen molar-refractivity contribution in [1.29, 1.82) is 0 Å². The molecule has 5 nitrogen and oxygen atoms in total. The van der Waals surface area contributed by atoms with Gasteiger partial charge in [-0.05, 0) is 51.8 Å². The van der Waals surface area contributed by atoms with E-state index in [1.807, 2.05) is 37.4 Å². The highest BCUT2D eigenvalue weighted by molar-refractivity contribution is 6.06. The lowest BCUT2D eigenvalue weighted by Gasteiger charge is -2.24. The van der Waals surface area contributed by atoms with Gasteiger partial charge in [0.2, 0.25) is 0 Å². The average molecular weight is 366 g/mol. The number of pyridine rings is 1. The van der Waals surface area contributed by atoms with Crippen molar-refractivity contribution in [3.8, 4) is 0 Å². The van der Waals surface area contributed by atoms with Crippen LogP contribution in [0.5, 0.6) is 0 Å². The van der Waals surface area contributed by atoms with Gasteiger partial charge in [0.1, 0.15) is 5.82 Å². The van der Waals surface area contributed by atoms with Crippen molar-refractivity contribution >= 4 is 16.8 Å². The molecule has 1 aliphatic carbocycles. The van der Waals surface area contributed by atoms with E-state index in [4.69, 9.17) is 0 Å². The van der Waals surface area contributed by atoms with Crippen molar-refractivity contribution in [3.63, 3.8) is 0 Å². The molecule has 1 saturated carbocycles. The first-order chi connectivity index (χ1) is 12.8. The Kier molecular flexibility index (Phi) is 4.21. The summed E-state index contributed by atoms with van der Waals surface area (Å²) in [6.45, 7) is 6.38. The molecule has 0 atom stereocenters. The Labute approximate surface area is 157 Å². The van der Waals surface area contributed by atoms with Crippen LogP contribution in [0.15, 0.2) is 24.3 Å². The smallest absolute Gasteiger partial charge is 0.255 e. The minimum absolute atomic E-state index is 0.0257. The molecule has 1 aromatic carbocycles. The van der Waals surface area contributed by atoms with Crippen molar-refractivity contribution in [3.05, 3.63) is 58.3 Å². The number of aromatic nitrogens is 3. The molecule has 4 rings (SSSR count). The zero-order chi connectivity index (χ0) is 19.3. The molecule has 0 spiro atoms. The van der Waals surface area contributed by atoms with Gasteiger partial charge >= 0.3 is 0 Å². The summed E-state index contributed by atoms with van der Waals surface area (Å²) >= 11 is 0. The highest BCUT2D eigenvalue weighted by Gasteiger charge is 2.34. The third kappa shape index (κ3) is 3.20. The molecule has 0 bridgehead atoms. The summed E-state index contributed by atoms with van der Waals surface area (Å²) in [5, 5.41) is 5.17. The van der Waals surface area contributed by atoms with E-state index in [1.165, 1.54) is 12.1 Å². The topological polar surface area (TPSA) is 51.0 Å². The van der Waals surface area contributed by atoms with Gasteiger partial charge in [-0.2, -0.15) is 5.10 Å². The van der Waals surface area contributed by atoms with Gasteiger partial charge in [-0.3, -0.25) is 14.5 Å². The second-order valence-corrected chi connectivity index (χ2v) is 7.41. The summed E-state index contributed by atoms with van der Waals surface area (Å²) in [6.07, 6.45) is 2.03. The lowest BCUT2D eigenvalue weighted by atomic mass is 10.1. The molecule has 140 valence electrons. The Morgan fingerprint density at radius 1 is 1.26 bits per heavy atom. The lowest BCUT2D eigenvalue weighted by molar-refractivity contribution is 0.0731. The van der Waals surface area contributed by atoms with E-state index >= 15 is 0 Å². The standard InChI is InChI=1S/C21H23FN4O/c1-12-9-18(17-8-5-15(22)10-20(17)23-12)21(27)26(16-6-7-16)11-19-13(2)24-25(4)14(19)3/h5,8-10,16H,6-7,11H2,1-4H3. The maximum Gasteiger partial charge on any atom is 0.255 e. The van der Waals surface area contributed by atoms with E-state index in [9.17, 15) is 9.18 Å². The monoisotopic (exact) mass is 366 g/mol. The van der Waals surface area contributed by atoms with Gasteiger partial charge in [0.05, 0.1) is 16.8 Å². The third-order valence-corrected chi connectivity index (χ3v) is 5.37. The van der Waals surface area contributed by atoms with Crippen LogP contribution >= 0.6 is 0 Å². The first-order valence-electron chi connectivity index (χ1n) is 9.22. The number of benzene rings is 1. The maximum absolute atomic E-state index is 13.6. The largest absolute Gasteiger partial charge is 0.331 e. The summed E-state index contributed by atoms with van der Waals surface area (Å²) in [5.41, 5.74) is 4.93. The average Bonchev–Trinajstić information content (AvgIpc) is 3.41. The highest BCUT2D eigenvalue weighted by Crippen LogP contribution is 2.32. The summed E-state index contributed by atoms with van der Waals surface area (Å²) < 4.78 is 15.5. The molecule has 1 amide bonds. The zero-order valence-electron chi connectivity index (χ0n) is 16.1. The van der Waals surface area contributed by atoms with E-state index in [0.29, 0.717) is 28.7 Å². The van der Waals surface area contributed by atoms with Crippen LogP contribution in [0.25, 0.3) is 10.9 Å². The number of rotatable bonds is 4. The summed E-state index contributed by atoms with van der Waals surface area (Å²) in [4.78, 5) is 19.8. The van der Waals surface area contributed by atoms with Gasteiger partial charge in [0.25, 0.3) is 5.91 Å². The zero-order valence-corrected chi connectivity index (χ0v) is 16.1. The number of hydrogen-bond donors (Lipinski definition) is 0. The Bertz CT molecular complexity index is 1050. The number of hydrogen-bond acceptors (Lipinski definition) is 3. The molecule has 0 saturated heterocycles. The Morgan fingerprint density at radius 2 is 2.00 bits per heavy atom. The van der Waals surface area contributed by atoms with Crippen LogP contribution < -0.4 is 0 Å². The van der Waals surface area contributed by atoms with Crippen LogP contribution in [0.3, 0.4) is 0 Å². The molecule has 1 fully saturated rings. The molecule has 3 aromatic rings. The normalized spacial score (nSPS) is 14.0. The van der Waals surface area contributed by atoms with Crippen molar-refractivity contribution in [1.82, 2.24) is 19.7 Å². The Balaban J connectivity index is 1.76. The molecular formula is C21H23FN4O. The van der Waals surface area contributed by atoms with Crippen molar-refractivity contribution in [2.75, 3.05) is 0 Å². The van der Waals surface area contributed by atoms with Gasteiger partial charge < -0.3 is 4.90 Å². The van der Waals surface area contributed by atoms with Crippen LogP contribution in [0, 0.1) is 26.6 Å². The molecule has 2 heterocycles. The maximum atomic E-state index is 13.6. The Hall–Kier alpha value is -2.76. The fourth-order valence-corrected chi connectivity index (χ4v) is 3.64. The van der Waals surface area contributed by atoms with E-state index in [2.05, 4.69) is 10.1 Å². The molecular weight excluding hydrogens is 343 g/mol. The predicted octanol–water partition coefficient (Wildman–Crippen LogP) is 3.84. The number of halogens is 1. The SMILES string of the molecule is Cc1cc(C(=O)N(Cc2c(C)nn(C)c2C)C2CC2)c2ccc(F)cc2n1. The van der Waals surface area contributed by atoms with E-state index in [-0.39, 0.29) is 17.8 Å². The minimum atomic E-state index is -0.348. The first-order valence-corrected chi connectivity index (χ1v) is 9.22. The van der Waals surface area contributed by atoms with E-state index in [0.717, 1.165) is 29.8 Å². The summed E-state index contributed by atoms with van der Waals surface area (Å²) in [6, 6.07) is 6.47. The van der Waals surface area contributed by atoms with Crippen LogP contribution in [0.4, 0.5) is 4.39 Å². The molecule has 2 aromatic heterocycles. The molecule has 6 heteroatoms. The number of carbonyl (C=O) groups is 1. The van der Waals surface area contributed by atoms with Gasteiger partial charge in [-0.1, -0.05) is 0 Å². The predicted molar refractivity (Wildman–Crippen MR) is 102 cm³/mol. The number of nitrogens with zero attached hydrogens (tertiary/aromatic N) is 4. The van der Waals surface area contributed by atoms with Crippen molar-refractivity contribution < 1.29 is 9.18 Å². The van der Waals surface area contributed by atoms with Gasteiger partial charge in [0, 0.05) is 48.0 Å². The number of carbonyl (C=O) groups excluding carboxylic acids is 1. The summed E-state index contributed by atoms with van der Waals surface area (Å²) in [7, 11) is 1.92. The number of fused-ring (bicyclic) bond motifs is 1.